The number of hydrogen-bond acceptors (Lipinski definition) is 5. The van der Waals surface area contributed by atoms with Crippen LogP contribution in [0.25, 0.3) is 5.82 Å². The first kappa shape index (κ1) is 15.0. The summed E-state index contributed by atoms with van der Waals surface area (Å²) in [4.78, 5) is 9.03. The fourth-order valence-electron chi connectivity index (χ4n) is 2.91. The van der Waals surface area contributed by atoms with Crippen molar-refractivity contribution in [2.45, 2.75) is 19.4 Å². The average Bonchev–Trinajstić information content (AvgIpc) is 2.85. The van der Waals surface area contributed by atoms with Gasteiger partial charge in [0.1, 0.15) is 5.82 Å². The van der Waals surface area contributed by atoms with E-state index in [0.29, 0.717) is 0 Å². The van der Waals surface area contributed by atoms with Gasteiger partial charge >= 0.3 is 0 Å². The summed E-state index contributed by atoms with van der Waals surface area (Å²) in [6, 6.07) is 5.79. The van der Waals surface area contributed by atoms with Gasteiger partial charge in [0.05, 0.1) is 5.69 Å². The summed E-state index contributed by atoms with van der Waals surface area (Å²) in [6.07, 6.45) is 3.90. The Morgan fingerprint density at radius 2 is 2.18 bits per heavy atom. The van der Waals surface area contributed by atoms with E-state index < -0.39 is 0 Å². The van der Waals surface area contributed by atoms with E-state index in [9.17, 15) is 0 Å². The van der Waals surface area contributed by atoms with Crippen molar-refractivity contribution in [1.82, 2.24) is 24.6 Å². The molecule has 0 radical (unpaired) electrons. The van der Waals surface area contributed by atoms with E-state index in [4.69, 9.17) is 5.73 Å². The van der Waals surface area contributed by atoms with E-state index in [2.05, 4.69) is 34.0 Å². The van der Waals surface area contributed by atoms with Crippen LogP contribution >= 0.6 is 0 Å². The van der Waals surface area contributed by atoms with Crippen LogP contribution in [-0.2, 0) is 13.0 Å². The van der Waals surface area contributed by atoms with Crippen LogP contribution in [-0.4, -0.2) is 58.3 Å². The van der Waals surface area contributed by atoms with Gasteiger partial charge < -0.3 is 10.6 Å². The minimum Gasteiger partial charge on any atom is -0.383 e. The first-order chi connectivity index (χ1) is 10.6. The van der Waals surface area contributed by atoms with E-state index in [1.54, 1.807) is 10.9 Å². The summed E-state index contributed by atoms with van der Waals surface area (Å²) in [7, 11) is 4.23. The minimum absolute atomic E-state index is 0.728. The summed E-state index contributed by atoms with van der Waals surface area (Å²) >= 11 is 0. The molecule has 2 aromatic heterocycles. The maximum absolute atomic E-state index is 6.32. The van der Waals surface area contributed by atoms with E-state index in [-0.39, 0.29) is 0 Å². The Balaban J connectivity index is 1.73. The standard InChI is InChI=1S/C16H24N6/c1-20(2)9-5-10-21-11-7-14-13(12-21)16(17)22(19-14)15-6-3-4-8-18-15/h3-4,6,8H,5,7,9-12,17H2,1-2H3. The first-order valence-corrected chi connectivity index (χ1v) is 7.80. The van der Waals surface area contributed by atoms with Crippen molar-refractivity contribution in [3.05, 3.63) is 35.7 Å². The van der Waals surface area contributed by atoms with E-state index in [1.807, 2.05) is 18.2 Å². The van der Waals surface area contributed by atoms with Crippen molar-refractivity contribution >= 4 is 5.82 Å². The molecule has 0 amide bonds. The molecule has 0 unspecified atom stereocenters. The monoisotopic (exact) mass is 300 g/mol. The molecule has 22 heavy (non-hydrogen) atoms. The maximum Gasteiger partial charge on any atom is 0.155 e. The summed E-state index contributed by atoms with van der Waals surface area (Å²) in [6.45, 7) is 4.17. The average molecular weight is 300 g/mol. The molecule has 0 aliphatic carbocycles. The number of nitrogens with zero attached hydrogens (tertiary/aromatic N) is 5. The zero-order valence-electron chi connectivity index (χ0n) is 13.4. The maximum atomic E-state index is 6.32. The summed E-state index contributed by atoms with van der Waals surface area (Å²) in [5.74, 6) is 1.51. The van der Waals surface area contributed by atoms with Crippen LogP contribution in [0.2, 0.25) is 0 Å². The van der Waals surface area contributed by atoms with E-state index in [1.165, 1.54) is 12.0 Å². The second-order valence-corrected chi connectivity index (χ2v) is 6.09. The molecule has 0 aromatic carbocycles. The van der Waals surface area contributed by atoms with Gasteiger partial charge in [-0.2, -0.15) is 9.78 Å². The third-order valence-electron chi connectivity index (χ3n) is 4.10. The molecule has 0 atom stereocenters. The number of rotatable bonds is 5. The van der Waals surface area contributed by atoms with Gasteiger partial charge in [-0.25, -0.2) is 4.98 Å². The Bertz CT molecular complexity index is 619. The quantitative estimate of drug-likeness (QED) is 0.898. The van der Waals surface area contributed by atoms with Gasteiger partial charge in [-0.3, -0.25) is 4.90 Å². The Kier molecular flexibility index (Phi) is 4.40. The third kappa shape index (κ3) is 3.13. The molecule has 3 rings (SSSR count). The van der Waals surface area contributed by atoms with Gasteiger partial charge in [0.15, 0.2) is 5.82 Å². The highest BCUT2D eigenvalue weighted by molar-refractivity contribution is 5.49. The fraction of sp³-hybridized carbons (Fsp3) is 0.500. The highest BCUT2D eigenvalue weighted by Crippen LogP contribution is 2.25. The van der Waals surface area contributed by atoms with Gasteiger partial charge in [0, 0.05) is 31.3 Å². The largest absolute Gasteiger partial charge is 0.383 e. The molecule has 0 fully saturated rings. The molecule has 1 aliphatic heterocycles. The van der Waals surface area contributed by atoms with Crippen molar-refractivity contribution < 1.29 is 0 Å². The van der Waals surface area contributed by atoms with Gasteiger partial charge in [0.2, 0.25) is 0 Å². The molecular weight excluding hydrogens is 276 g/mol. The van der Waals surface area contributed by atoms with Crippen LogP contribution in [0.3, 0.4) is 0 Å². The molecule has 0 spiro atoms. The molecule has 0 bridgehead atoms. The van der Waals surface area contributed by atoms with Crippen molar-refractivity contribution in [1.29, 1.82) is 0 Å². The van der Waals surface area contributed by atoms with Crippen molar-refractivity contribution in [3.8, 4) is 5.82 Å². The number of nitrogens with two attached hydrogens (primary N) is 1. The molecule has 2 N–H and O–H groups in total. The van der Waals surface area contributed by atoms with Crippen molar-refractivity contribution in [2.24, 2.45) is 0 Å². The SMILES string of the molecule is CN(C)CCCN1CCc2nn(-c3ccccn3)c(N)c2C1. The predicted molar refractivity (Wildman–Crippen MR) is 87.9 cm³/mol. The van der Waals surface area contributed by atoms with Crippen LogP contribution in [0.15, 0.2) is 24.4 Å². The molecule has 2 aromatic rings. The zero-order chi connectivity index (χ0) is 15.5. The smallest absolute Gasteiger partial charge is 0.155 e. The topological polar surface area (TPSA) is 63.2 Å². The van der Waals surface area contributed by atoms with Crippen molar-refractivity contribution in [2.75, 3.05) is 39.5 Å². The first-order valence-electron chi connectivity index (χ1n) is 7.80. The molecule has 118 valence electrons. The lowest BCUT2D eigenvalue weighted by atomic mass is 10.1. The highest BCUT2D eigenvalue weighted by Gasteiger charge is 2.23. The van der Waals surface area contributed by atoms with Gasteiger partial charge in [-0.15, -0.1) is 0 Å². The van der Waals surface area contributed by atoms with Gasteiger partial charge in [0.25, 0.3) is 0 Å². The molecule has 6 heteroatoms. The molecular formula is C16H24N6. The number of fused-ring (bicyclic) bond motifs is 1. The number of anilines is 1. The fourth-order valence-corrected chi connectivity index (χ4v) is 2.91. The summed E-state index contributed by atoms with van der Waals surface area (Å²) in [5, 5.41) is 4.66. The molecule has 0 saturated carbocycles. The minimum atomic E-state index is 0.728. The van der Waals surface area contributed by atoms with Crippen LogP contribution in [0.1, 0.15) is 17.7 Å². The van der Waals surface area contributed by atoms with Crippen LogP contribution in [0.5, 0.6) is 0 Å². The zero-order valence-corrected chi connectivity index (χ0v) is 13.4. The Morgan fingerprint density at radius 3 is 2.91 bits per heavy atom. The van der Waals surface area contributed by atoms with E-state index >= 15 is 0 Å². The second-order valence-electron chi connectivity index (χ2n) is 6.09. The van der Waals surface area contributed by atoms with Crippen LogP contribution in [0.4, 0.5) is 5.82 Å². The number of nitrogen functional groups attached to an aromatic ring is 1. The Labute approximate surface area is 131 Å². The number of pyridine rings is 1. The number of aromatic nitrogens is 3. The third-order valence-corrected chi connectivity index (χ3v) is 4.10. The van der Waals surface area contributed by atoms with E-state index in [0.717, 1.165) is 49.9 Å². The lowest BCUT2D eigenvalue weighted by Crippen LogP contribution is -2.32. The summed E-state index contributed by atoms with van der Waals surface area (Å²) < 4.78 is 1.77. The molecule has 3 heterocycles. The van der Waals surface area contributed by atoms with Crippen LogP contribution < -0.4 is 5.73 Å². The lowest BCUT2D eigenvalue weighted by Gasteiger charge is -2.26. The lowest BCUT2D eigenvalue weighted by molar-refractivity contribution is 0.238. The summed E-state index contributed by atoms with van der Waals surface area (Å²) in [5.41, 5.74) is 8.61. The Hall–Kier alpha value is -1.92. The van der Waals surface area contributed by atoms with Gasteiger partial charge in [-0.1, -0.05) is 6.07 Å². The van der Waals surface area contributed by atoms with Crippen LogP contribution in [0, 0.1) is 0 Å². The highest BCUT2D eigenvalue weighted by atomic mass is 15.4. The number of hydrogen-bond donors (Lipinski definition) is 1. The normalized spacial score (nSPS) is 15.2. The molecule has 0 saturated heterocycles. The molecule has 1 aliphatic rings. The Morgan fingerprint density at radius 1 is 1.32 bits per heavy atom. The van der Waals surface area contributed by atoms with Gasteiger partial charge in [-0.05, 0) is 45.7 Å². The predicted octanol–water partition coefficient (Wildman–Crippen LogP) is 1.16. The molecule has 6 nitrogen and oxygen atoms in total. The second kappa shape index (κ2) is 6.46. The van der Waals surface area contributed by atoms with Crippen molar-refractivity contribution in [3.63, 3.8) is 0 Å².